The van der Waals surface area contributed by atoms with Crippen molar-refractivity contribution in [3.8, 4) is 0 Å². The van der Waals surface area contributed by atoms with Gasteiger partial charge in [0.2, 0.25) is 5.91 Å². The molecule has 2 heterocycles. The van der Waals surface area contributed by atoms with E-state index in [9.17, 15) is 14.4 Å². The molecule has 1 aromatic rings. The minimum absolute atomic E-state index is 0.0445. The fourth-order valence-electron chi connectivity index (χ4n) is 3.30. The number of piperazine rings is 1. The third-order valence-corrected chi connectivity index (χ3v) is 4.74. The molecule has 2 aliphatic heterocycles. The molecule has 7 nitrogen and oxygen atoms in total. The first-order valence-corrected chi connectivity index (χ1v) is 8.91. The molecule has 1 fully saturated rings. The van der Waals surface area contributed by atoms with E-state index in [1.807, 2.05) is 32.9 Å². The van der Waals surface area contributed by atoms with Crippen molar-refractivity contribution in [2.45, 2.75) is 32.7 Å². The van der Waals surface area contributed by atoms with Crippen LogP contribution in [-0.4, -0.2) is 66.4 Å². The second-order valence-electron chi connectivity index (χ2n) is 7.93. The molecule has 3 rings (SSSR count). The van der Waals surface area contributed by atoms with E-state index in [0.29, 0.717) is 38.2 Å². The van der Waals surface area contributed by atoms with Crippen LogP contribution in [0.2, 0.25) is 0 Å². The topological polar surface area (TPSA) is 73.0 Å². The molecule has 0 aromatic heterocycles. The highest BCUT2D eigenvalue weighted by molar-refractivity contribution is 6.03. The molecular formula is C19H26N4O3. The van der Waals surface area contributed by atoms with E-state index in [0.717, 1.165) is 11.3 Å². The fraction of sp³-hybridized carbons (Fsp3) is 0.526. The van der Waals surface area contributed by atoms with Crippen LogP contribution in [0, 0.1) is 0 Å². The average molecular weight is 358 g/mol. The van der Waals surface area contributed by atoms with Gasteiger partial charge in [-0.3, -0.25) is 9.59 Å². The van der Waals surface area contributed by atoms with Crippen molar-refractivity contribution in [2.24, 2.45) is 0 Å². The molecule has 1 N–H and O–H groups in total. The Balaban J connectivity index is 1.62. The van der Waals surface area contributed by atoms with Gasteiger partial charge < -0.3 is 20.0 Å². The summed E-state index contributed by atoms with van der Waals surface area (Å²) in [6, 6.07) is 5.33. The summed E-state index contributed by atoms with van der Waals surface area (Å²) in [5.41, 5.74) is 2.08. The van der Waals surface area contributed by atoms with Crippen molar-refractivity contribution in [2.75, 3.05) is 38.1 Å². The predicted molar refractivity (Wildman–Crippen MR) is 99.3 cm³/mol. The van der Waals surface area contributed by atoms with Crippen LogP contribution in [-0.2, 0) is 11.2 Å². The molecule has 4 amide bonds. The molecule has 0 unspecified atom stereocenters. The predicted octanol–water partition coefficient (Wildman–Crippen LogP) is 1.47. The lowest BCUT2D eigenvalue weighted by atomic mass is 10.1. The van der Waals surface area contributed by atoms with Gasteiger partial charge in [0, 0.05) is 50.0 Å². The van der Waals surface area contributed by atoms with E-state index in [1.165, 1.54) is 0 Å². The maximum atomic E-state index is 12.8. The average Bonchev–Trinajstić information content (AvgIpc) is 2.86. The highest BCUT2D eigenvalue weighted by Crippen LogP contribution is 2.28. The molecule has 0 spiro atoms. The standard InChI is InChI=1S/C19H26N4O3/c1-19(2,3)20-18(26)23-9-7-22(8-10-23)17(25)13-5-6-15-14(11-13)12-16(24)21(15)4/h5-6,11H,7-10,12H2,1-4H3,(H,20,26). The van der Waals surface area contributed by atoms with Gasteiger partial charge in [0.25, 0.3) is 5.91 Å². The minimum atomic E-state index is -0.279. The number of carbonyl (C=O) groups is 3. The summed E-state index contributed by atoms with van der Waals surface area (Å²) in [5.74, 6) is -0.00578. The fourth-order valence-corrected chi connectivity index (χ4v) is 3.30. The van der Waals surface area contributed by atoms with Crippen LogP contribution >= 0.6 is 0 Å². The molecule has 0 bridgehead atoms. The molecule has 0 atom stereocenters. The van der Waals surface area contributed by atoms with Crippen LogP contribution < -0.4 is 10.2 Å². The quantitative estimate of drug-likeness (QED) is 0.826. The lowest BCUT2D eigenvalue weighted by molar-refractivity contribution is -0.117. The van der Waals surface area contributed by atoms with Crippen molar-refractivity contribution in [1.29, 1.82) is 0 Å². The van der Waals surface area contributed by atoms with Crippen LogP contribution in [0.4, 0.5) is 10.5 Å². The molecule has 0 saturated carbocycles. The van der Waals surface area contributed by atoms with Crippen molar-refractivity contribution in [3.63, 3.8) is 0 Å². The van der Waals surface area contributed by atoms with E-state index in [4.69, 9.17) is 0 Å². The summed E-state index contributed by atoms with van der Waals surface area (Å²) in [5, 5.41) is 2.95. The van der Waals surface area contributed by atoms with Crippen LogP contribution in [0.15, 0.2) is 18.2 Å². The van der Waals surface area contributed by atoms with E-state index >= 15 is 0 Å². The normalized spacial score (nSPS) is 17.4. The summed E-state index contributed by atoms with van der Waals surface area (Å²) < 4.78 is 0. The summed E-state index contributed by atoms with van der Waals surface area (Å²) >= 11 is 0. The Kier molecular flexibility index (Phi) is 4.64. The number of amides is 4. The summed E-state index contributed by atoms with van der Waals surface area (Å²) in [7, 11) is 1.75. The minimum Gasteiger partial charge on any atom is -0.335 e. The Hall–Kier alpha value is -2.57. The van der Waals surface area contributed by atoms with Gasteiger partial charge in [-0.15, -0.1) is 0 Å². The van der Waals surface area contributed by atoms with Crippen LogP contribution in [0.5, 0.6) is 0 Å². The number of hydrogen-bond donors (Lipinski definition) is 1. The van der Waals surface area contributed by atoms with E-state index in [2.05, 4.69) is 5.32 Å². The van der Waals surface area contributed by atoms with Crippen LogP contribution in [0.25, 0.3) is 0 Å². The number of anilines is 1. The van der Waals surface area contributed by atoms with Crippen molar-refractivity contribution in [1.82, 2.24) is 15.1 Å². The molecular weight excluding hydrogens is 332 g/mol. The smallest absolute Gasteiger partial charge is 0.317 e. The lowest BCUT2D eigenvalue weighted by Crippen LogP contribution is -2.56. The van der Waals surface area contributed by atoms with E-state index < -0.39 is 0 Å². The van der Waals surface area contributed by atoms with Crippen molar-refractivity contribution >= 4 is 23.5 Å². The number of rotatable bonds is 1. The zero-order chi connectivity index (χ0) is 19.1. The van der Waals surface area contributed by atoms with Gasteiger partial charge >= 0.3 is 6.03 Å². The van der Waals surface area contributed by atoms with Gasteiger partial charge in [-0.05, 0) is 44.5 Å². The zero-order valence-corrected chi connectivity index (χ0v) is 15.8. The van der Waals surface area contributed by atoms with Gasteiger partial charge in [-0.25, -0.2) is 4.79 Å². The molecule has 140 valence electrons. The van der Waals surface area contributed by atoms with Crippen molar-refractivity contribution in [3.05, 3.63) is 29.3 Å². The van der Waals surface area contributed by atoms with Crippen LogP contribution in [0.1, 0.15) is 36.7 Å². The Bertz CT molecular complexity index is 746. The van der Waals surface area contributed by atoms with Gasteiger partial charge in [-0.1, -0.05) is 0 Å². The third kappa shape index (κ3) is 3.66. The second kappa shape index (κ2) is 6.63. The Labute approximate surface area is 153 Å². The van der Waals surface area contributed by atoms with Crippen molar-refractivity contribution < 1.29 is 14.4 Å². The summed E-state index contributed by atoms with van der Waals surface area (Å²) in [6.45, 7) is 7.88. The molecule has 1 aromatic carbocycles. The van der Waals surface area contributed by atoms with Crippen LogP contribution in [0.3, 0.4) is 0 Å². The Morgan fingerprint density at radius 3 is 2.27 bits per heavy atom. The van der Waals surface area contributed by atoms with E-state index in [-0.39, 0.29) is 23.4 Å². The number of nitrogens with zero attached hydrogens (tertiary/aromatic N) is 3. The zero-order valence-electron chi connectivity index (χ0n) is 15.8. The molecule has 0 radical (unpaired) electrons. The number of fused-ring (bicyclic) bond motifs is 1. The largest absolute Gasteiger partial charge is 0.335 e. The number of likely N-dealkylation sites (N-methyl/N-ethyl adjacent to an activating group) is 1. The third-order valence-electron chi connectivity index (χ3n) is 4.74. The number of nitrogens with one attached hydrogen (secondary N) is 1. The summed E-state index contributed by atoms with van der Waals surface area (Å²) in [6.07, 6.45) is 0.341. The lowest BCUT2D eigenvalue weighted by Gasteiger charge is -2.36. The highest BCUT2D eigenvalue weighted by atomic mass is 16.2. The van der Waals surface area contributed by atoms with Gasteiger partial charge in [0.1, 0.15) is 0 Å². The first-order valence-electron chi connectivity index (χ1n) is 8.91. The van der Waals surface area contributed by atoms with Gasteiger partial charge in [0.05, 0.1) is 6.42 Å². The second-order valence-corrected chi connectivity index (χ2v) is 7.93. The van der Waals surface area contributed by atoms with Gasteiger partial charge in [-0.2, -0.15) is 0 Å². The molecule has 7 heteroatoms. The first kappa shape index (κ1) is 18.2. The monoisotopic (exact) mass is 358 g/mol. The molecule has 0 aliphatic carbocycles. The molecule has 1 saturated heterocycles. The van der Waals surface area contributed by atoms with E-state index in [1.54, 1.807) is 27.8 Å². The Morgan fingerprint density at radius 2 is 1.65 bits per heavy atom. The SMILES string of the molecule is CN1C(=O)Cc2cc(C(=O)N3CCN(C(=O)NC(C)(C)C)CC3)ccc21. The Morgan fingerprint density at radius 1 is 1.04 bits per heavy atom. The number of urea groups is 1. The maximum Gasteiger partial charge on any atom is 0.317 e. The molecule has 2 aliphatic rings. The van der Waals surface area contributed by atoms with Gasteiger partial charge in [0.15, 0.2) is 0 Å². The first-order chi connectivity index (χ1) is 12.2. The molecule has 26 heavy (non-hydrogen) atoms. The number of hydrogen-bond acceptors (Lipinski definition) is 3. The number of benzene rings is 1. The highest BCUT2D eigenvalue weighted by Gasteiger charge is 2.29. The number of carbonyl (C=O) groups excluding carboxylic acids is 3. The summed E-state index contributed by atoms with van der Waals surface area (Å²) in [4.78, 5) is 41.9. The maximum absolute atomic E-state index is 12.8.